The Hall–Kier alpha value is -1.59. The number of aliphatic hydroxyl groups excluding tert-OH is 1. The summed E-state index contributed by atoms with van der Waals surface area (Å²) in [4.78, 5) is 14.3. The molecule has 134 valence electrons. The molecule has 1 fully saturated rings. The number of benzene rings is 1. The van der Waals surface area contributed by atoms with Gasteiger partial charge in [-0.1, -0.05) is 44.2 Å². The average Bonchev–Trinajstić information content (AvgIpc) is 2.53. The fourth-order valence-corrected chi connectivity index (χ4v) is 3.19. The predicted octanol–water partition coefficient (Wildman–Crippen LogP) is 2.78. The summed E-state index contributed by atoms with van der Waals surface area (Å²) in [5.41, 5.74) is 0.979. The molecular weight excluding hydrogens is 304 g/mol. The zero-order chi connectivity index (χ0) is 17.4. The minimum Gasteiger partial charge on any atom is -0.445 e. The lowest BCUT2D eigenvalue weighted by atomic mass is 10.0. The number of nitrogens with one attached hydrogen (secondary N) is 1. The molecule has 1 saturated heterocycles. The molecule has 0 radical (unpaired) electrons. The molecule has 2 rings (SSSR count). The van der Waals surface area contributed by atoms with Crippen molar-refractivity contribution in [3.05, 3.63) is 35.9 Å². The molecule has 0 bridgehead atoms. The van der Waals surface area contributed by atoms with E-state index in [1.165, 1.54) is 0 Å². The molecule has 0 aliphatic carbocycles. The van der Waals surface area contributed by atoms with Gasteiger partial charge in [-0.25, -0.2) is 4.79 Å². The molecule has 1 aromatic rings. The van der Waals surface area contributed by atoms with Crippen LogP contribution in [0.15, 0.2) is 30.3 Å². The van der Waals surface area contributed by atoms with Gasteiger partial charge in [0.25, 0.3) is 0 Å². The van der Waals surface area contributed by atoms with E-state index in [0.717, 1.165) is 37.9 Å². The minimum atomic E-state index is -0.373. The van der Waals surface area contributed by atoms with E-state index in [1.807, 2.05) is 30.3 Å². The summed E-state index contributed by atoms with van der Waals surface area (Å²) in [7, 11) is 0. The second-order valence-corrected chi connectivity index (χ2v) is 7.09. The molecule has 1 unspecified atom stereocenters. The third kappa shape index (κ3) is 6.89. The Labute approximate surface area is 145 Å². The predicted molar refractivity (Wildman–Crippen MR) is 94.7 cm³/mol. The van der Waals surface area contributed by atoms with E-state index in [-0.39, 0.29) is 24.8 Å². The Kier molecular flexibility index (Phi) is 7.53. The van der Waals surface area contributed by atoms with E-state index in [2.05, 4.69) is 24.1 Å². The first kappa shape index (κ1) is 18.7. The molecule has 1 heterocycles. The van der Waals surface area contributed by atoms with Crippen LogP contribution >= 0.6 is 0 Å². The molecule has 0 aromatic heterocycles. The van der Waals surface area contributed by atoms with Crippen LogP contribution in [0.5, 0.6) is 0 Å². The van der Waals surface area contributed by atoms with E-state index < -0.39 is 0 Å². The van der Waals surface area contributed by atoms with Crippen LogP contribution < -0.4 is 5.32 Å². The second kappa shape index (κ2) is 9.64. The first-order chi connectivity index (χ1) is 11.5. The Bertz CT molecular complexity index is 493. The molecule has 5 nitrogen and oxygen atoms in total. The van der Waals surface area contributed by atoms with Gasteiger partial charge in [0.15, 0.2) is 0 Å². The van der Waals surface area contributed by atoms with Gasteiger partial charge in [0.2, 0.25) is 0 Å². The van der Waals surface area contributed by atoms with E-state index in [1.54, 1.807) is 0 Å². The number of carbonyl (C=O) groups is 1. The van der Waals surface area contributed by atoms with Gasteiger partial charge in [-0.3, -0.25) is 4.90 Å². The van der Waals surface area contributed by atoms with Gasteiger partial charge in [0.05, 0.1) is 6.10 Å². The fourth-order valence-electron chi connectivity index (χ4n) is 3.19. The average molecular weight is 334 g/mol. The highest BCUT2D eigenvalue weighted by Gasteiger charge is 2.23. The summed E-state index contributed by atoms with van der Waals surface area (Å²) in [6.07, 6.45) is 2.16. The van der Waals surface area contributed by atoms with E-state index in [9.17, 15) is 9.90 Å². The molecule has 2 N–H and O–H groups in total. The Morgan fingerprint density at radius 2 is 2.12 bits per heavy atom. The number of alkyl carbamates (subject to hydrolysis) is 1. The van der Waals surface area contributed by atoms with Crippen molar-refractivity contribution in [2.45, 2.75) is 51.9 Å². The maximum absolute atomic E-state index is 12.1. The molecule has 1 aliphatic heterocycles. The van der Waals surface area contributed by atoms with Gasteiger partial charge >= 0.3 is 6.09 Å². The standard InChI is InChI=1S/C19H30N2O3/c1-15(2)11-17(12-21-10-6-9-18(22)13-21)20-19(23)24-14-16-7-4-3-5-8-16/h3-5,7-8,15,17-18,22H,6,9-14H2,1-2H3,(H,20,23)/t17-,18?/m1/s1. The SMILES string of the molecule is CC(C)C[C@H](CN1CCCC(O)C1)NC(=O)OCc1ccccc1. The normalized spacial score (nSPS) is 19.9. The Morgan fingerprint density at radius 1 is 1.38 bits per heavy atom. The number of nitrogens with zero attached hydrogens (tertiary/aromatic N) is 1. The first-order valence-corrected chi connectivity index (χ1v) is 8.90. The summed E-state index contributed by atoms with van der Waals surface area (Å²) < 4.78 is 5.33. The second-order valence-electron chi connectivity index (χ2n) is 7.09. The van der Waals surface area contributed by atoms with Gasteiger partial charge in [-0.2, -0.15) is 0 Å². The maximum Gasteiger partial charge on any atom is 0.407 e. The number of carbonyl (C=O) groups excluding carboxylic acids is 1. The number of aliphatic hydroxyl groups is 1. The quantitative estimate of drug-likeness (QED) is 0.805. The molecule has 24 heavy (non-hydrogen) atoms. The first-order valence-electron chi connectivity index (χ1n) is 8.90. The highest BCUT2D eigenvalue weighted by atomic mass is 16.5. The molecule has 1 aliphatic rings. The van der Waals surface area contributed by atoms with Crippen LogP contribution in [0, 0.1) is 5.92 Å². The van der Waals surface area contributed by atoms with Crippen molar-refractivity contribution in [3.63, 3.8) is 0 Å². The highest BCUT2D eigenvalue weighted by Crippen LogP contribution is 2.13. The van der Waals surface area contributed by atoms with Gasteiger partial charge in [0, 0.05) is 19.1 Å². The molecule has 0 spiro atoms. The number of rotatable bonds is 7. The molecule has 0 saturated carbocycles. The third-order valence-electron chi connectivity index (χ3n) is 4.25. The summed E-state index contributed by atoms with van der Waals surface area (Å²) in [5.74, 6) is 0.485. The minimum absolute atomic E-state index is 0.0403. The van der Waals surface area contributed by atoms with Gasteiger partial charge in [-0.15, -0.1) is 0 Å². The number of likely N-dealkylation sites (tertiary alicyclic amines) is 1. The number of β-amino-alcohol motifs (C(OH)–C–C–N with tert-alkyl or cyclic N) is 1. The van der Waals surface area contributed by atoms with E-state index in [4.69, 9.17) is 4.74 Å². The zero-order valence-corrected chi connectivity index (χ0v) is 14.8. The van der Waals surface area contributed by atoms with Crippen molar-refractivity contribution < 1.29 is 14.6 Å². The summed E-state index contributed by atoms with van der Waals surface area (Å²) in [5, 5.41) is 12.8. The topological polar surface area (TPSA) is 61.8 Å². The largest absolute Gasteiger partial charge is 0.445 e. The lowest BCUT2D eigenvalue weighted by Gasteiger charge is -2.33. The van der Waals surface area contributed by atoms with Crippen LogP contribution in [0.1, 0.15) is 38.7 Å². The van der Waals surface area contributed by atoms with Crippen molar-refractivity contribution in [1.29, 1.82) is 0 Å². The van der Waals surface area contributed by atoms with Crippen molar-refractivity contribution in [2.24, 2.45) is 5.92 Å². The number of ether oxygens (including phenoxy) is 1. The molecular formula is C19H30N2O3. The fraction of sp³-hybridized carbons (Fsp3) is 0.632. The van der Waals surface area contributed by atoms with Crippen LogP contribution in [0.2, 0.25) is 0 Å². The Morgan fingerprint density at radius 3 is 2.79 bits per heavy atom. The molecule has 5 heteroatoms. The Balaban J connectivity index is 1.81. The van der Waals surface area contributed by atoms with Crippen LogP contribution in [-0.4, -0.2) is 47.9 Å². The smallest absolute Gasteiger partial charge is 0.407 e. The van der Waals surface area contributed by atoms with Crippen molar-refractivity contribution in [2.75, 3.05) is 19.6 Å². The number of hydrogen-bond acceptors (Lipinski definition) is 4. The van der Waals surface area contributed by atoms with Crippen LogP contribution in [0.25, 0.3) is 0 Å². The van der Waals surface area contributed by atoms with Crippen molar-refractivity contribution in [3.8, 4) is 0 Å². The number of piperidine rings is 1. The van der Waals surface area contributed by atoms with Crippen LogP contribution in [-0.2, 0) is 11.3 Å². The van der Waals surface area contributed by atoms with Gasteiger partial charge < -0.3 is 15.2 Å². The van der Waals surface area contributed by atoms with Crippen molar-refractivity contribution >= 4 is 6.09 Å². The zero-order valence-electron chi connectivity index (χ0n) is 14.8. The number of hydrogen-bond donors (Lipinski definition) is 2. The molecule has 2 atom stereocenters. The molecule has 1 amide bonds. The lowest BCUT2D eigenvalue weighted by Crippen LogP contribution is -2.48. The van der Waals surface area contributed by atoms with Gasteiger partial charge in [0.1, 0.15) is 6.61 Å². The van der Waals surface area contributed by atoms with E-state index >= 15 is 0 Å². The van der Waals surface area contributed by atoms with E-state index in [0.29, 0.717) is 12.5 Å². The summed E-state index contributed by atoms with van der Waals surface area (Å²) in [6, 6.07) is 9.72. The summed E-state index contributed by atoms with van der Waals surface area (Å²) in [6.45, 7) is 7.00. The van der Waals surface area contributed by atoms with Crippen molar-refractivity contribution in [1.82, 2.24) is 10.2 Å². The van der Waals surface area contributed by atoms with Crippen LogP contribution in [0.4, 0.5) is 4.79 Å². The van der Waals surface area contributed by atoms with Gasteiger partial charge in [-0.05, 0) is 37.3 Å². The lowest BCUT2D eigenvalue weighted by molar-refractivity contribution is 0.0627. The number of amides is 1. The molecule has 1 aromatic carbocycles. The summed E-state index contributed by atoms with van der Waals surface area (Å²) >= 11 is 0. The van der Waals surface area contributed by atoms with Crippen LogP contribution in [0.3, 0.4) is 0 Å². The third-order valence-corrected chi connectivity index (χ3v) is 4.25. The monoisotopic (exact) mass is 334 g/mol. The maximum atomic E-state index is 12.1. The highest BCUT2D eigenvalue weighted by molar-refractivity contribution is 5.67.